The number of carbonyl (C=O) groups is 1. The van der Waals surface area contributed by atoms with E-state index in [9.17, 15) is 4.79 Å². The van der Waals surface area contributed by atoms with Crippen LogP contribution in [0.2, 0.25) is 0 Å². The number of nitrogens with two attached hydrogens (primary N) is 1. The molecular formula is C17H15N7O. The second-order valence-corrected chi connectivity index (χ2v) is 5.91. The smallest absolute Gasteiger partial charge is 0.223 e. The molecule has 0 aliphatic carbocycles. The van der Waals surface area contributed by atoms with Gasteiger partial charge in [-0.05, 0) is 18.6 Å². The number of rotatable bonds is 3. The molecular weight excluding hydrogens is 318 g/mol. The average Bonchev–Trinajstić information content (AvgIpc) is 3.21. The summed E-state index contributed by atoms with van der Waals surface area (Å²) in [5.74, 6) is 0.868. The number of nitriles is 1. The van der Waals surface area contributed by atoms with E-state index < -0.39 is 0 Å². The Bertz CT molecular complexity index is 1020. The third kappa shape index (κ3) is 2.76. The first-order valence-corrected chi connectivity index (χ1v) is 7.94. The molecule has 0 atom stereocenters. The molecule has 8 nitrogen and oxygen atoms in total. The lowest BCUT2D eigenvalue weighted by atomic mass is 10.1. The molecule has 3 heterocycles. The standard InChI is InChI=1S/C17H15N7O/c18-9-11-3-1-4-12(7-11)13-8-15-21-14(22-24(15)17(19)20-13)10-23-6-2-5-16(23)25/h1,3-4,7-8H,2,5-6,10H2,(H2,19,20). The van der Waals surface area contributed by atoms with Gasteiger partial charge in [-0.15, -0.1) is 5.10 Å². The molecule has 2 N–H and O–H groups in total. The normalized spacial score (nSPS) is 14.2. The second kappa shape index (κ2) is 5.87. The molecule has 8 heteroatoms. The quantitative estimate of drug-likeness (QED) is 0.774. The highest BCUT2D eigenvalue weighted by molar-refractivity contribution is 5.78. The summed E-state index contributed by atoms with van der Waals surface area (Å²) in [6.07, 6.45) is 1.45. The SMILES string of the molecule is N#Cc1cccc(-c2cc3nc(CN4CCCC4=O)nn3c(N)n2)c1. The van der Waals surface area contributed by atoms with Crippen molar-refractivity contribution >= 4 is 17.5 Å². The van der Waals surface area contributed by atoms with E-state index in [0.717, 1.165) is 18.5 Å². The summed E-state index contributed by atoms with van der Waals surface area (Å²) in [4.78, 5) is 22.3. The molecule has 1 amide bonds. The van der Waals surface area contributed by atoms with Crippen molar-refractivity contribution in [3.05, 3.63) is 41.7 Å². The van der Waals surface area contributed by atoms with E-state index in [1.807, 2.05) is 6.07 Å². The Morgan fingerprint density at radius 2 is 2.16 bits per heavy atom. The molecule has 124 valence electrons. The van der Waals surface area contributed by atoms with Crippen molar-refractivity contribution in [2.24, 2.45) is 0 Å². The fourth-order valence-electron chi connectivity index (χ4n) is 2.96. The summed E-state index contributed by atoms with van der Waals surface area (Å²) in [5.41, 5.74) is 8.54. The predicted molar refractivity (Wildman–Crippen MR) is 90.0 cm³/mol. The number of nitrogen functional groups attached to an aromatic ring is 1. The Morgan fingerprint density at radius 3 is 2.92 bits per heavy atom. The number of benzene rings is 1. The highest BCUT2D eigenvalue weighted by atomic mass is 16.2. The highest BCUT2D eigenvalue weighted by Crippen LogP contribution is 2.21. The average molecular weight is 333 g/mol. The van der Waals surface area contributed by atoms with Crippen molar-refractivity contribution < 1.29 is 4.79 Å². The number of hydrogen-bond donors (Lipinski definition) is 1. The van der Waals surface area contributed by atoms with Gasteiger partial charge in [0, 0.05) is 24.6 Å². The van der Waals surface area contributed by atoms with Gasteiger partial charge in [-0.1, -0.05) is 12.1 Å². The van der Waals surface area contributed by atoms with Gasteiger partial charge in [0.05, 0.1) is 23.9 Å². The lowest BCUT2D eigenvalue weighted by Crippen LogP contribution is -2.24. The largest absolute Gasteiger partial charge is 0.368 e. The molecule has 25 heavy (non-hydrogen) atoms. The number of carbonyl (C=O) groups excluding carboxylic acids is 1. The van der Waals surface area contributed by atoms with Gasteiger partial charge in [0.25, 0.3) is 0 Å². The van der Waals surface area contributed by atoms with Crippen molar-refractivity contribution in [3.63, 3.8) is 0 Å². The molecule has 1 aromatic carbocycles. The monoisotopic (exact) mass is 333 g/mol. The molecule has 0 saturated carbocycles. The van der Waals surface area contributed by atoms with Crippen molar-refractivity contribution in [2.75, 3.05) is 12.3 Å². The summed E-state index contributed by atoms with van der Waals surface area (Å²) >= 11 is 0. The minimum atomic E-state index is 0.124. The maximum absolute atomic E-state index is 11.8. The van der Waals surface area contributed by atoms with E-state index in [2.05, 4.69) is 21.1 Å². The van der Waals surface area contributed by atoms with E-state index in [4.69, 9.17) is 11.0 Å². The molecule has 0 spiro atoms. The molecule has 3 aromatic rings. The van der Waals surface area contributed by atoms with Crippen LogP contribution in [0.15, 0.2) is 30.3 Å². The maximum atomic E-state index is 11.8. The van der Waals surface area contributed by atoms with Crippen molar-refractivity contribution in [3.8, 4) is 17.3 Å². The molecule has 0 unspecified atom stereocenters. The maximum Gasteiger partial charge on any atom is 0.223 e. The topological polar surface area (TPSA) is 113 Å². The highest BCUT2D eigenvalue weighted by Gasteiger charge is 2.22. The van der Waals surface area contributed by atoms with E-state index in [1.165, 1.54) is 4.52 Å². The van der Waals surface area contributed by atoms with E-state index in [0.29, 0.717) is 35.7 Å². The van der Waals surface area contributed by atoms with Crippen LogP contribution in [0, 0.1) is 11.3 Å². The first-order chi connectivity index (χ1) is 12.1. The zero-order valence-corrected chi connectivity index (χ0v) is 13.4. The van der Waals surface area contributed by atoms with Crippen LogP contribution >= 0.6 is 0 Å². The van der Waals surface area contributed by atoms with Gasteiger partial charge in [0.15, 0.2) is 11.5 Å². The first kappa shape index (κ1) is 15.1. The number of nitrogens with zero attached hydrogens (tertiary/aromatic N) is 6. The molecule has 1 saturated heterocycles. The molecule has 0 bridgehead atoms. The van der Waals surface area contributed by atoms with Gasteiger partial charge < -0.3 is 10.6 Å². The van der Waals surface area contributed by atoms with Crippen LogP contribution in [0.5, 0.6) is 0 Å². The summed E-state index contributed by atoms with van der Waals surface area (Å²) in [6, 6.07) is 11.0. The number of anilines is 1. The molecule has 1 aliphatic heterocycles. The van der Waals surface area contributed by atoms with Crippen molar-refractivity contribution in [2.45, 2.75) is 19.4 Å². The number of amides is 1. The summed E-state index contributed by atoms with van der Waals surface area (Å²) < 4.78 is 1.47. The van der Waals surface area contributed by atoms with Gasteiger partial charge in [0.2, 0.25) is 11.9 Å². The number of aromatic nitrogens is 4. The van der Waals surface area contributed by atoms with Gasteiger partial charge >= 0.3 is 0 Å². The molecule has 0 radical (unpaired) electrons. The third-order valence-electron chi connectivity index (χ3n) is 4.18. The lowest BCUT2D eigenvalue weighted by molar-refractivity contribution is -0.128. The molecule has 1 fully saturated rings. The van der Waals surface area contributed by atoms with Crippen LogP contribution in [0.1, 0.15) is 24.2 Å². The molecule has 1 aliphatic rings. The Kier molecular flexibility index (Phi) is 3.54. The minimum absolute atomic E-state index is 0.124. The Labute approximate surface area is 143 Å². The first-order valence-electron chi connectivity index (χ1n) is 7.94. The molecule has 2 aromatic heterocycles. The van der Waals surface area contributed by atoms with E-state index in [-0.39, 0.29) is 11.9 Å². The summed E-state index contributed by atoms with van der Waals surface area (Å²) in [6.45, 7) is 1.10. The zero-order chi connectivity index (χ0) is 17.4. The second-order valence-electron chi connectivity index (χ2n) is 5.91. The number of fused-ring (bicyclic) bond motifs is 1. The van der Waals surface area contributed by atoms with Crippen molar-refractivity contribution in [1.29, 1.82) is 5.26 Å². The van der Waals surface area contributed by atoms with Crippen LogP contribution < -0.4 is 5.73 Å². The Balaban J connectivity index is 1.71. The van der Waals surface area contributed by atoms with Gasteiger partial charge in [-0.2, -0.15) is 9.78 Å². The number of hydrogen-bond acceptors (Lipinski definition) is 6. The van der Waals surface area contributed by atoms with Crippen LogP contribution in [0.25, 0.3) is 16.9 Å². The van der Waals surface area contributed by atoms with Crippen LogP contribution in [-0.2, 0) is 11.3 Å². The van der Waals surface area contributed by atoms with Crippen LogP contribution in [0.4, 0.5) is 5.95 Å². The van der Waals surface area contributed by atoms with Crippen LogP contribution in [0.3, 0.4) is 0 Å². The van der Waals surface area contributed by atoms with Crippen molar-refractivity contribution in [1.82, 2.24) is 24.5 Å². The Hall–Kier alpha value is -3.47. The van der Waals surface area contributed by atoms with Gasteiger partial charge in [0.1, 0.15) is 0 Å². The van der Waals surface area contributed by atoms with E-state index >= 15 is 0 Å². The zero-order valence-electron chi connectivity index (χ0n) is 13.4. The summed E-state index contributed by atoms with van der Waals surface area (Å²) in [7, 11) is 0. The summed E-state index contributed by atoms with van der Waals surface area (Å²) in [5, 5.41) is 13.4. The van der Waals surface area contributed by atoms with Gasteiger partial charge in [-0.25, -0.2) is 9.97 Å². The Morgan fingerprint density at radius 1 is 1.28 bits per heavy atom. The lowest BCUT2D eigenvalue weighted by Gasteiger charge is -2.11. The van der Waals surface area contributed by atoms with Gasteiger partial charge in [-0.3, -0.25) is 4.79 Å². The molecule has 4 rings (SSSR count). The van der Waals surface area contributed by atoms with Crippen LogP contribution in [-0.4, -0.2) is 36.9 Å². The fourth-order valence-corrected chi connectivity index (χ4v) is 2.96. The predicted octanol–water partition coefficient (Wildman–Crippen LogP) is 1.37. The fraction of sp³-hybridized carbons (Fsp3) is 0.235. The third-order valence-corrected chi connectivity index (χ3v) is 4.18. The number of likely N-dealkylation sites (tertiary alicyclic amines) is 1. The minimum Gasteiger partial charge on any atom is -0.368 e. The van der Waals surface area contributed by atoms with E-state index in [1.54, 1.807) is 29.2 Å².